The average molecular weight is 398 g/mol. The molecule has 0 aromatic heterocycles. The Bertz CT molecular complexity index is 933. The van der Waals surface area contributed by atoms with Gasteiger partial charge in [0.15, 0.2) is 17.3 Å². The average Bonchev–Trinajstić information content (AvgIpc) is 2.73. The molecule has 5 nitrogen and oxygen atoms in total. The maximum Gasteiger partial charge on any atom is 0.317 e. The molecule has 2 atom stereocenters. The smallest absolute Gasteiger partial charge is 0.317 e. The SMILES string of the molecule is CCOC(=O)C1C(=O)C=C(c2ccc(OC)c(OC)c2)CC1c1ccc(F)cc1. The van der Waals surface area contributed by atoms with E-state index in [-0.39, 0.29) is 18.2 Å². The van der Waals surface area contributed by atoms with Crippen LogP contribution in [0.1, 0.15) is 30.4 Å². The van der Waals surface area contributed by atoms with E-state index in [4.69, 9.17) is 14.2 Å². The van der Waals surface area contributed by atoms with E-state index >= 15 is 0 Å². The molecule has 2 unspecified atom stereocenters. The summed E-state index contributed by atoms with van der Waals surface area (Å²) in [6.45, 7) is 1.88. The zero-order chi connectivity index (χ0) is 21.0. The third-order valence-corrected chi connectivity index (χ3v) is 5.06. The molecule has 0 N–H and O–H groups in total. The quantitative estimate of drug-likeness (QED) is 0.540. The van der Waals surface area contributed by atoms with Gasteiger partial charge in [-0.1, -0.05) is 18.2 Å². The van der Waals surface area contributed by atoms with E-state index in [0.29, 0.717) is 23.5 Å². The molecular formula is C23H23FO5. The van der Waals surface area contributed by atoms with Crippen LogP contribution in [-0.2, 0) is 14.3 Å². The summed E-state index contributed by atoms with van der Waals surface area (Å²) in [6, 6.07) is 11.3. The molecule has 0 radical (unpaired) electrons. The third-order valence-electron chi connectivity index (χ3n) is 5.06. The number of halogens is 1. The lowest BCUT2D eigenvalue weighted by molar-refractivity contribution is -0.151. The highest BCUT2D eigenvalue weighted by molar-refractivity contribution is 6.10. The van der Waals surface area contributed by atoms with Crippen molar-refractivity contribution < 1.29 is 28.2 Å². The Morgan fingerprint density at radius 3 is 2.38 bits per heavy atom. The lowest BCUT2D eigenvalue weighted by Crippen LogP contribution is -2.34. The van der Waals surface area contributed by atoms with Crippen LogP contribution in [0, 0.1) is 11.7 Å². The van der Waals surface area contributed by atoms with Crippen molar-refractivity contribution in [2.24, 2.45) is 5.92 Å². The van der Waals surface area contributed by atoms with Gasteiger partial charge < -0.3 is 14.2 Å². The van der Waals surface area contributed by atoms with Crippen molar-refractivity contribution in [1.29, 1.82) is 0 Å². The lowest BCUT2D eigenvalue weighted by Gasteiger charge is -2.29. The zero-order valence-electron chi connectivity index (χ0n) is 16.6. The van der Waals surface area contributed by atoms with Crippen LogP contribution in [0.2, 0.25) is 0 Å². The Kier molecular flexibility index (Phi) is 6.32. The summed E-state index contributed by atoms with van der Waals surface area (Å²) in [5, 5.41) is 0. The van der Waals surface area contributed by atoms with Crippen molar-refractivity contribution >= 4 is 17.3 Å². The second-order valence-corrected chi connectivity index (χ2v) is 6.73. The molecule has 0 bridgehead atoms. The number of rotatable bonds is 6. The summed E-state index contributed by atoms with van der Waals surface area (Å²) in [7, 11) is 3.09. The number of hydrogen-bond donors (Lipinski definition) is 0. The molecule has 0 saturated heterocycles. The Morgan fingerprint density at radius 2 is 1.76 bits per heavy atom. The summed E-state index contributed by atoms with van der Waals surface area (Å²) in [6.07, 6.45) is 1.92. The van der Waals surface area contributed by atoms with Crippen LogP contribution in [0.4, 0.5) is 4.39 Å². The van der Waals surface area contributed by atoms with Gasteiger partial charge in [-0.25, -0.2) is 4.39 Å². The standard InChI is InChI=1S/C23H23FO5/c1-4-29-23(26)22-18(14-5-8-17(24)9-6-14)11-16(12-19(22)25)15-7-10-20(27-2)21(13-15)28-3/h5-10,12-13,18,22H,4,11H2,1-3H3. The van der Waals surface area contributed by atoms with Gasteiger partial charge in [-0.3, -0.25) is 9.59 Å². The molecule has 0 heterocycles. The number of ketones is 1. The van der Waals surface area contributed by atoms with Gasteiger partial charge >= 0.3 is 5.97 Å². The third kappa shape index (κ3) is 4.31. The van der Waals surface area contributed by atoms with Gasteiger partial charge in [0, 0.05) is 5.92 Å². The fourth-order valence-electron chi connectivity index (χ4n) is 3.64. The minimum Gasteiger partial charge on any atom is -0.493 e. The molecule has 6 heteroatoms. The molecule has 1 aliphatic rings. The summed E-state index contributed by atoms with van der Waals surface area (Å²) >= 11 is 0. The molecule has 3 rings (SSSR count). The summed E-state index contributed by atoms with van der Waals surface area (Å²) in [5.74, 6) is -1.54. The minimum atomic E-state index is -0.954. The zero-order valence-corrected chi connectivity index (χ0v) is 16.6. The van der Waals surface area contributed by atoms with E-state index < -0.39 is 17.8 Å². The van der Waals surface area contributed by atoms with E-state index in [1.165, 1.54) is 18.2 Å². The maximum absolute atomic E-state index is 13.4. The van der Waals surface area contributed by atoms with Crippen LogP contribution in [0.25, 0.3) is 5.57 Å². The summed E-state index contributed by atoms with van der Waals surface area (Å²) in [5.41, 5.74) is 2.28. The van der Waals surface area contributed by atoms with Gasteiger partial charge in [0.05, 0.1) is 20.8 Å². The fourth-order valence-corrected chi connectivity index (χ4v) is 3.64. The number of esters is 1. The molecule has 0 spiro atoms. The number of benzene rings is 2. The van der Waals surface area contributed by atoms with E-state index in [0.717, 1.165) is 11.1 Å². The number of methoxy groups -OCH3 is 2. The number of hydrogen-bond acceptors (Lipinski definition) is 5. The van der Waals surface area contributed by atoms with Crippen LogP contribution in [0.5, 0.6) is 11.5 Å². The Balaban J connectivity index is 2.03. The number of carbonyl (C=O) groups excluding carboxylic acids is 2. The van der Waals surface area contributed by atoms with Crippen molar-refractivity contribution in [3.8, 4) is 11.5 Å². The number of ether oxygens (including phenoxy) is 3. The first-order chi connectivity index (χ1) is 14.0. The highest BCUT2D eigenvalue weighted by atomic mass is 19.1. The number of carbonyl (C=O) groups is 2. The highest BCUT2D eigenvalue weighted by Crippen LogP contribution is 2.42. The van der Waals surface area contributed by atoms with Crippen molar-refractivity contribution in [3.05, 3.63) is 65.5 Å². The molecule has 0 fully saturated rings. The summed E-state index contributed by atoms with van der Waals surface area (Å²) in [4.78, 5) is 25.4. The molecular weight excluding hydrogens is 375 g/mol. The Labute approximate surface area is 169 Å². The van der Waals surface area contributed by atoms with Gasteiger partial charge in [0.25, 0.3) is 0 Å². The topological polar surface area (TPSA) is 61.8 Å². The minimum absolute atomic E-state index is 0.186. The van der Waals surface area contributed by atoms with Gasteiger partial charge in [0.1, 0.15) is 11.7 Å². The van der Waals surface area contributed by atoms with Crippen LogP contribution < -0.4 is 9.47 Å². The van der Waals surface area contributed by atoms with E-state index in [1.807, 2.05) is 6.07 Å². The lowest BCUT2D eigenvalue weighted by atomic mass is 9.73. The van der Waals surface area contributed by atoms with Crippen molar-refractivity contribution in [3.63, 3.8) is 0 Å². The van der Waals surface area contributed by atoms with Gasteiger partial charge in [-0.2, -0.15) is 0 Å². The van der Waals surface area contributed by atoms with Crippen LogP contribution in [-0.4, -0.2) is 32.6 Å². The molecule has 152 valence electrons. The molecule has 0 amide bonds. The van der Waals surface area contributed by atoms with E-state index in [2.05, 4.69) is 0 Å². The van der Waals surface area contributed by atoms with Gasteiger partial charge in [-0.15, -0.1) is 0 Å². The van der Waals surface area contributed by atoms with Crippen LogP contribution >= 0.6 is 0 Å². The molecule has 2 aromatic carbocycles. The monoisotopic (exact) mass is 398 g/mol. The predicted molar refractivity (Wildman–Crippen MR) is 106 cm³/mol. The highest BCUT2D eigenvalue weighted by Gasteiger charge is 2.39. The first-order valence-electron chi connectivity index (χ1n) is 9.37. The van der Waals surface area contributed by atoms with Crippen LogP contribution in [0.15, 0.2) is 48.5 Å². The first kappa shape index (κ1) is 20.6. The Morgan fingerprint density at radius 1 is 1.07 bits per heavy atom. The predicted octanol–water partition coefficient (Wildman–Crippen LogP) is 4.16. The van der Waals surface area contributed by atoms with Crippen LogP contribution in [0.3, 0.4) is 0 Å². The fraction of sp³-hybridized carbons (Fsp3) is 0.304. The normalized spacial score (nSPS) is 18.8. The first-order valence-corrected chi connectivity index (χ1v) is 9.37. The van der Waals surface area contributed by atoms with Gasteiger partial charge in [-0.05, 0) is 60.4 Å². The van der Waals surface area contributed by atoms with Crippen molar-refractivity contribution in [2.45, 2.75) is 19.3 Å². The maximum atomic E-state index is 13.4. The summed E-state index contributed by atoms with van der Waals surface area (Å²) < 4.78 is 29.2. The molecule has 29 heavy (non-hydrogen) atoms. The van der Waals surface area contributed by atoms with Crippen molar-refractivity contribution in [2.75, 3.05) is 20.8 Å². The van der Waals surface area contributed by atoms with Crippen molar-refractivity contribution in [1.82, 2.24) is 0 Å². The molecule has 0 saturated carbocycles. The number of allylic oxidation sites excluding steroid dienone is 2. The molecule has 1 aliphatic carbocycles. The second kappa shape index (κ2) is 8.90. The van der Waals surface area contributed by atoms with E-state index in [9.17, 15) is 14.0 Å². The largest absolute Gasteiger partial charge is 0.493 e. The second-order valence-electron chi connectivity index (χ2n) is 6.73. The van der Waals surface area contributed by atoms with E-state index in [1.54, 1.807) is 45.4 Å². The Hall–Kier alpha value is -3.15. The molecule has 2 aromatic rings. The van der Waals surface area contributed by atoms with Gasteiger partial charge in [0.2, 0.25) is 0 Å². The molecule has 0 aliphatic heterocycles.